The molecule has 2 amide bonds. The number of anilines is 2. The van der Waals surface area contributed by atoms with E-state index < -0.39 is 11.9 Å². The van der Waals surface area contributed by atoms with Crippen molar-refractivity contribution in [3.63, 3.8) is 0 Å². The van der Waals surface area contributed by atoms with Gasteiger partial charge < -0.3 is 15.0 Å². The number of hydrogen-bond acceptors (Lipinski definition) is 4. The summed E-state index contributed by atoms with van der Waals surface area (Å²) in [6.07, 6.45) is 0.139. The van der Waals surface area contributed by atoms with E-state index in [9.17, 15) is 14.4 Å². The molecule has 0 spiro atoms. The first-order valence-electron chi connectivity index (χ1n) is 8.34. The molecule has 1 fully saturated rings. The Labute approximate surface area is 151 Å². The minimum atomic E-state index is -0.466. The van der Waals surface area contributed by atoms with Crippen LogP contribution in [0.5, 0.6) is 0 Å². The van der Waals surface area contributed by atoms with E-state index in [2.05, 4.69) is 5.32 Å². The molecule has 6 heteroatoms. The molecule has 1 saturated heterocycles. The van der Waals surface area contributed by atoms with Gasteiger partial charge in [-0.2, -0.15) is 0 Å². The first kappa shape index (κ1) is 17.7. The first-order chi connectivity index (χ1) is 12.5. The van der Waals surface area contributed by atoms with Crippen molar-refractivity contribution < 1.29 is 19.1 Å². The number of hydrogen-bond donors (Lipinski definition) is 1. The molecule has 0 saturated carbocycles. The summed E-state index contributed by atoms with van der Waals surface area (Å²) in [6.45, 7) is 2.23. The van der Waals surface area contributed by atoms with E-state index in [0.717, 1.165) is 5.56 Å². The van der Waals surface area contributed by atoms with Gasteiger partial charge >= 0.3 is 5.97 Å². The van der Waals surface area contributed by atoms with Crippen LogP contribution in [0.25, 0.3) is 0 Å². The van der Waals surface area contributed by atoms with Crippen molar-refractivity contribution in [3.8, 4) is 0 Å². The highest BCUT2D eigenvalue weighted by atomic mass is 16.5. The molecule has 1 N–H and O–H groups in total. The van der Waals surface area contributed by atoms with Crippen LogP contribution in [0.1, 0.15) is 22.3 Å². The molecule has 6 nitrogen and oxygen atoms in total. The van der Waals surface area contributed by atoms with Crippen molar-refractivity contribution >= 4 is 29.2 Å². The zero-order valence-corrected chi connectivity index (χ0v) is 14.7. The van der Waals surface area contributed by atoms with Gasteiger partial charge in [0.05, 0.1) is 18.6 Å². The third kappa shape index (κ3) is 3.74. The zero-order chi connectivity index (χ0) is 18.7. The van der Waals surface area contributed by atoms with Crippen molar-refractivity contribution in [3.05, 3.63) is 59.7 Å². The Hall–Kier alpha value is -3.15. The van der Waals surface area contributed by atoms with E-state index in [1.54, 1.807) is 24.3 Å². The van der Waals surface area contributed by atoms with Crippen LogP contribution in [0, 0.1) is 12.8 Å². The van der Waals surface area contributed by atoms with Crippen molar-refractivity contribution in [1.29, 1.82) is 0 Å². The molecule has 0 bridgehead atoms. The molecule has 134 valence electrons. The Kier molecular flexibility index (Phi) is 5.02. The van der Waals surface area contributed by atoms with Crippen molar-refractivity contribution in [2.45, 2.75) is 13.3 Å². The molecule has 26 heavy (non-hydrogen) atoms. The minimum absolute atomic E-state index is 0.139. The third-order valence-electron chi connectivity index (χ3n) is 4.36. The Morgan fingerprint density at radius 2 is 1.92 bits per heavy atom. The van der Waals surface area contributed by atoms with Crippen LogP contribution in [0.2, 0.25) is 0 Å². The normalized spacial score (nSPS) is 16.5. The van der Waals surface area contributed by atoms with Crippen LogP contribution in [-0.2, 0) is 14.3 Å². The average Bonchev–Trinajstić information content (AvgIpc) is 3.03. The number of aryl methyl sites for hydroxylation is 1. The molecular weight excluding hydrogens is 332 g/mol. The van der Waals surface area contributed by atoms with Crippen molar-refractivity contribution in [2.75, 3.05) is 23.9 Å². The molecule has 2 aromatic carbocycles. The lowest BCUT2D eigenvalue weighted by Gasteiger charge is -2.17. The number of carbonyl (C=O) groups excluding carboxylic acids is 3. The highest BCUT2D eigenvalue weighted by Gasteiger charge is 2.35. The number of ether oxygens (including phenoxy) is 1. The number of nitrogens with one attached hydrogen (secondary N) is 1. The summed E-state index contributed by atoms with van der Waals surface area (Å²) in [7, 11) is 1.31. The maximum atomic E-state index is 12.5. The fraction of sp³-hybridized carbons (Fsp3) is 0.250. The topological polar surface area (TPSA) is 75.7 Å². The Balaban J connectivity index is 1.72. The number of amides is 2. The monoisotopic (exact) mass is 352 g/mol. The molecule has 0 radical (unpaired) electrons. The minimum Gasteiger partial charge on any atom is -0.465 e. The Morgan fingerprint density at radius 1 is 1.15 bits per heavy atom. The van der Waals surface area contributed by atoms with Crippen LogP contribution in [0.3, 0.4) is 0 Å². The van der Waals surface area contributed by atoms with Gasteiger partial charge in [0.1, 0.15) is 0 Å². The molecule has 1 aliphatic heterocycles. The smallest absolute Gasteiger partial charge is 0.337 e. The summed E-state index contributed by atoms with van der Waals surface area (Å²) < 4.78 is 4.71. The molecule has 0 aromatic heterocycles. The van der Waals surface area contributed by atoms with Gasteiger partial charge in [0.25, 0.3) is 0 Å². The highest BCUT2D eigenvalue weighted by Crippen LogP contribution is 2.27. The summed E-state index contributed by atoms with van der Waals surface area (Å²) in [5.74, 6) is -1.23. The molecule has 1 unspecified atom stereocenters. The predicted molar refractivity (Wildman–Crippen MR) is 98.1 cm³/mol. The van der Waals surface area contributed by atoms with E-state index in [1.807, 2.05) is 31.2 Å². The summed E-state index contributed by atoms with van der Waals surface area (Å²) >= 11 is 0. The number of rotatable bonds is 4. The van der Waals surface area contributed by atoms with Gasteiger partial charge in [-0.3, -0.25) is 9.59 Å². The lowest BCUT2D eigenvalue weighted by molar-refractivity contribution is -0.122. The summed E-state index contributed by atoms with van der Waals surface area (Å²) in [4.78, 5) is 38.1. The van der Waals surface area contributed by atoms with E-state index >= 15 is 0 Å². The molecule has 0 aliphatic carbocycles. The number of carbonyl (C=O) groups is 3. The lowest BCUT2D eigenvalue weighted by atomic mass is 10.1. The van der Waals surface area contributed by atoms with Gasteiger partial charge in [-0.25, -0.2) is 4.79 Å². The number of methoxy groups -OCH3 is 1. The molecule has 1 aliphatic rings. The van der Waals surface area contributed by atoms with E-state index in [1.165, 1.54) is 12.0 Å². The standard InChI is InChI=1S/C20H20N2O4/c1-13-5-3-7-16(9-13)21-19(24)15-11-18(23)22(12-15)17-8-4-6-14(10-17)20(25)26-2/h3-10,15H,11-12H2,1-2H3,(H,21,24). The van der Waals surface area contributed by atoms with E-state index in [-0.39, 0.29) is 24.8 Å². The molecular formula is C20H20N2O4. The molecule has 3 rings (SSSR count). The third-order valence-corrected chi connectivity index (χ3v) is 4.36. The molecule has 1 heterocycles. The van der Waals surface area contributed by atoms with Crippen LogP contribution in [-0.4, -0.2) is 31.4 Å². The van der Waals surface area contributed by atoms with Crippen molar-refractivity contribution in [2.24, 2.45) is 5.92 Å². The van der Waals surface area contributed by atoms with Gasteiger partial charge in [-0.05, 0) is 42.8 Å². The van der Waals surface area contributed by atoms with Gasteiger partial charge in [-0.1, -0.05) is 18.2 Å². The fourth-order valence-electron chi connectivity index (χ4n) is 3.02. The van der Waals surface area contributed by atoms with E-state index in [0.29, 0.717) is 16.9 Å². The maximum absolute atomic E-state index is 12.5. The number of nitrogens with zero attached hydrogens (tertiary/aromatic N) is 1. The van der Waals surface area contributed by atoms with Crippen LogP contribution in [0.15, 0.2) is 48.5 Å². The summed E-state index contributed by atoms with van der Waals surface area (Å²) in [6, 6.07) is 14.2. The Morgan fingerprint density at radius 3 is 2.65 bits per heavy atom. The fourth-order valence-corrected chi connectivity index (χ4v) is 3.02. The summed E-state index contributed by atoms with van der Waals surface area (Å²) in [5, 5.41) is 2.86. The van der Waals surface area contributed by atoms with Gasteiger partial charge in [-0.15, -0.1) is 0 Å². The molecule has 1 atom stereocenters. The lowest BCUT2D eigenvalue weighted by Crippen LogP contribution is -2.28. The van der Waals surface area contributed by atoms with Gasteiger partial charge in [0.2, 0.25) is 11.8 Å². The second kappa shape index (κ2) is 7.39. The Bertz CT molecular complexity index is 862. The van der Waals surface area contributed by atoms with Crippen LogP contribution < -0.4 is 10.2 Å². The number of benzene rings is 2. The zero-order valence-electron chi connectivity index (χ0n) is 14.7. The predicted octanol–water partition coefficient (Wildman–Crippen LogP) is 2.77. The van der Waals surface area contributed by atoms with Crippen molar-refractivity contribution in [1.82, 2.24) is 0 Å². The van der Waals surface area contributed by atoms with Gasteiger partial charge in [0.15, 0.2) is 0 Å². The summed E-state index contributed by atoms with van der Waals surface area (Å²) in [5.41, 5.74) is 2.72. The molecule has 2 aromatic rings. The average molecular weight is 352 g/mol. The second-order valence-electron chi connectivity index (χ2n) is 6.31. The van der Waals surface area contributed by atoms with Crippen LogP contribution in [0.4, 0.5) is 11.4 Å². The highest BCUT2D eigenvalue weighted by molar-refractivity contribution is 6.04. The van der Waals surface area contributed by atoms with E-state index in [4.69, 9.17) is 4.74 Å². The van der Waals surface area contributed by atoms with Crippen LogP contribution >= 0.6 is 0 Å². The number of esters is 1. The maximum Gasteiger partial charge on any atom is 0.337 e. The second-order valence-corrected chi connectivity index (χ2v) is 6.31. The SMILES string of the molecule is COC(=O)c1cccc(N2CC(C(=O)Nc3cccc(C)c3)CC2=O)c1. The first-order valence-corrected chi connectivity index (χ1v) is 8.34. The largest absolute Gasteiger partial charge is 0.465 e. The quantitative estimate of drug-likeness (QED) is 0.859. The van der Waals surface area contributed by atoms with Gasteiger partial charge in [0, 0.05) is 24.3 Å².